The summed E-state index contributed by atoms with van der Waals surface area (Å²) in [6, 6.07) is 0. The van der Waals surface area contributed by atoms with Crippen molar-refractivity contribution in [1.29, 1.82) is 0 Å². The molecule has 0 aromatic rings. The van der Waals surface area contributed by atoms with E-state index < -0.39 is 4.33 Å². The van der Waals surface area contributed by atoms with Gasteiger partial charge >= 0.3 is 7.12 Å². The van der Waals surface area contributed by atoms with E-state index in [9.17, 15) is 0 Å². The van der Waals surface area contributed by atoms with Crippen molar-refractivity contribution < 1.29 is 9.31 Å². The summed E-state index contributed by atoms with van der Waals surface area (Å²) in [6.45, 7) is 6.21. The second kappa shape index (κ2) is 3.28. The molecule has 2 fully saturated rings. The van der Waals surface area contributed by atoms with E-state index in [0.29, 0.717) is 0 Å². The molecule has 0 radical (unpaired) electrons. The number of hydrogen-bond acceptors (Lipinski definition) is 2. The number of hydrogen-bond donors (Lipinski definition) is 0. The van der Waals surface area contributed by atoms with E-state index in [-0.39, 0.29) is 24.6 Å². The highest BCUT2D eigenvalue weighted by Crippen LogP contribution is 2.61. The molecule has 5 heteroatoms. The molecule has 0 aromatic heterocycles. The van der Waals surface area contributed by atoms with Gasteiger partial charge in [0.05, 0.1) is 5.60 Å². The first kappa shape index (κ1) is 11.1. The van der Waals surface area contributed by atoms with Crippen LogP contribution < -0.4 is 0 Å². The highest BCUT2D eigenvalue weighted by atomic mass is 35.5. The standard InChI is InChI=1S/C9H15BCl2O2/c1-6-4-8(2,3)14-10(13-6)7-5-9(7,11)12/h6-7H,4-5H2,1-3H3. The van der Waals surface area contributed by atoms with Gasteiger partial charge in [-0.05, 0) is 33.6 Å². The lowest BCUT2D eigenvalue weighted by atomic mass is 9.77. The Morgan fingerprint density at radius 3 is 2.29 bits per heavy atom. The van der Waals surface area contributed by atoms with Crippen molar-refractivity contribution in [3.05, 3.63) is 0 Å². The van der Waals surface area contributed by atoms with Crippen LogP contribution in [0.3, 0.4) is 0 Å². The van der Waals surface area contributed by atoms with Crippen molar-refractivity contribution in [2.24, 2.45) is 0 Å². The normalized spacial score (nSPS) is 39.6. The van der Waals surface area contributed by atoms with Crippen molar-refractivity contribution in [3.8, 4) is 0 Å². The first-order chi connectivity index (χ1) is 6.30. The quantitative estimate of drug-likeness (QED) is 0.515. The van der Waals surface area contributed by atoms with Crippen LogP contribution in [0.2, 0.25) is 5.82 Å². The van der Waals surface area contributed by atoms with Crippen LogP contribution in [0, 0.1) is 0 Å². The van der Waals surface area contributed by atoms with Gasteiger partial charge in [-0.1, -0.05) is 0 Å². The van der Waals surface area contributed by atoms with E-state index in [1.54, 1.807) is 0 Å². The molecule has 2 aliphatic rings. The maximum atomic E-state index is 5.99. The topological polar surface area (TPSA) is 18.5 Å². The van der Waals surface area contributed by atoms with Crippen LogP contribution in [0.5, 0.6) is 0 Å². The lowest BCUT2D eigenvalue weighted by Gasteiger charge is -2.38. The zero-order valence-electron chi connectivity index (χ0n) is 8.72. The molecule has 1 aliphatic heterocycles. The molecule has 2 rings (SSSR count). The Morgan fingerprint density at radius 1 is 1.29 bits per heavy atom. The first-order valence-electron chi connectivity index (χ1n) is 5.01. The van der Waals surface area contributed by atoms with Crippen molar-refractivity contribution in [2.45, 2.75) is 55.5 Å². The van der Waals surface area contributed by atoms with E-state index in [2.05, 4.69) is 20.8 Å². The highest BCUT2D eigenvalue weighted by Gasteiger charge is 2.62. The maximum Gasteiger partial charge on any atom is 0.463 e. The van der Waals surface area contributed by atoms with Gasteiger partial charge in [-0.2, -0.15) is 0 Å². The molecule has 0 N–H and O–H groups in total. The second-order valence-corrected chi connectivity index (χ2v) is 6.51. The minimum absolute atomic E-state index is 0.130. The highest BCUT2D eigenvalue weighted by molar-refractivity contribution is 6.61. The molecule has 2 nitrogen and oxygen atoms in total. The SMILES string of the molecule is CC1CC(C)(C)OB(C2CC2(Cl)Cl)O1. The molecule has 1 saturated heterocycles. The maximum absolute atomic E-state index is 5.99. The lowest BCUT2D eigenvalue weighted by molar-refractivity contribution is -0.0295. The van der Waals surface area contributed by atoms with Gasteiger partial charge in [0.2, 0.25) is 0 Å². The van der Waals surface area contributed by atoms with Crippen LogP contribution in [-0.2, 0) is 9.31 Å². The average molecular weight is 237 g/mol. The van der Waals surface area contributed by atoms with E-state index in [4.69, 9.17) is 32.5 Å². The summed E-state index contributed by atoms with van der Waals surface area (Å²) in [6.07, 6.45) is 1.89. The second-order valence-electron chi connectivity index (χ2n) is 4.97. The summed E-state index contributed by atoms with van der Waals surface area (Å²) in [5.41, 5.74) is -0.130. The largest absolute Gasteiger partial charge is 0.463 e. The van der Waals surface area contributed by atoms with Crippen molar-refractivity contribution in [3.63, 3.8) is 0 Å². The first-order valence-corrected chi connectivity index (χ1v) is 5.77. The lowest BCUT2D eigenvalue weighted by Crippen LogP contribution is -2.46. The number of alkyl halides is 2. The van der Waals surface area contributed by atoms with E-state index in [1.807, 2.05) is 0 Å². The predicted molar refractivity (Wildman–Crippen MR) is 58.9 cm³/mol. The molecule has 0 bridgehead atoms. The van der Waals surface area contributed by atoms with Crippen LogP contribution in [-0.4, -0.2) is 23.2 Å². The van der Waals surface area contributed by atoms with Crippen LogP contribution >= 0.6 is 23.2 Å². The van der Waals surface area contributed by atoms with Crippen LogP contribution in [0.1, 0.15) is 33.6 Å². The monoisotopic (exact) mass is 236 g/mol. The Labute approximate surface area is 95.4 Å². The fourth-order valence-electron chi connectivity index (χ4n) is 2.07. The molecular formula is C9H15BCl2O2. The smallest absolute Gasteiger partial charge is 0.408 e. The minimum Gasteiger partial charge on any atom is -0.408 e. The zero-order chi connectivity index (χ0) is 10.6. The number of halogens is 2. The van der Waals surface area contributed by atoms with Gasteiger partial charge in [0, 0.05) is 11.9 Å². The van der Waals surface area contributed by atoms with Crippen molar-refractivity contribution in [2.75, 3.05) is 0 Å². The molecule has 2 unspecified atom stereocenters. The average Bonchev–Trinajstić information content (AvgIpc) is 2.55. The fraction of sp³-hybridized carbons (Fsp3) is 1.00. The summed E-state index contributed by atoms with van der Waals surface area (Å²) in [4.78, 5) is 0. The van der Waals surface area contributed by atoms with Gasteiger partial charge in [-0.25, -0.2) is 0 Å². The minimum atomic E-state index is -0.627. The van der Waals surface area contributed by atoms with Crippen molar-refractivity contribution >= 4 is 30.3 Å². The third kappa shape index (κ3) is 2.21. The van der Waals surface area contributed by atoms with Crippen LogP contribution in [0.15, 0.2) is 0 Å². The zero-order valence-corrected chi connectivity index (χ0v) is 10.2. The molecular weight excluding hydrogens is 222 g/mol. The van der Waals surface area contributed by atoms with Gasteiger partial charge in [-0.3, -0.25) is 0 Å². The molecule has 0 amide bonds. The molecule has 1 heterocycles. The molecule has 1 aliphatic carbocycles. The van der Waals surface area contributed by atoms with Crippen LogP contribution in [0.25, 0.3) is 0 Å². The van der Waals surface area contributed by atoms with E-state index >= 15 is 0 Å². The summed E-state index contributed by atoms with van der Waals surface area (Å²) >= 11 is 12.0. The Kier molecular flexibility index (Phi) is 2.59. The summed E-state index contributed by atoms with van der Waals surface area (Å²) in [5, 5.41) is 0. The molecule has 80 valence electrons. The van der Waals surface area contributed by atoms with E-state index in [0.717, 1.165) is 12.8 Å². The Balaban J connectivity index is 2.00. The van der Waals surface area contributed by atoms with Gasteiger partial charge < -0.3 is 9.31 Å². The van der Waals surface area contributed by atoms with Gasteiger partial charge in [0.15, 0.2) is 0 Å². The molecule has 0 spiro atoms. The number of rotatable bonds is 1. The van der Waals surface area contributed by atoms with Crippen LogP contribution in [0.4, 0.5) is 0 Å². The van der Waals surface area contributed by atoms with E-state index in [1.165, 1.54) is 0 Å². The summed E-state index contributed by atoms with van der Waals surface area (Å²) in [5.74, 6) is 0.132. The van der Waals surface area contributed by atoms with Gasteiger partial charge in [0.1, 0.15) is 4.33 Å². The summed E-state index contributed by atoms with van der Waals surface area (Å²) in [7, 11) is -0.233. The Morgan fingerprint density at radius 2 is 1.86 bits per heavy atom. The molecule has 0 aromatic carbocycles. The third-order valence-corrected chi connectivity index (χ3v) is 3.65. The predicted octanol–water partition coefficient (Wildman–Crippen LogP) is 3.03. The molecule has 14 heavy (non-hydrogen) atoms. The fourth-order valence-corrected chi connectivity index (χ4v) is 2.60. The molecule has 1 saturated carbocycles. The summed E-state index contributed by atoms with van der Waals surface area (Å²) < 4.78 is 10.9. The van der Waals surface area contributed by atoms with Crippen molar-refractivity contribution in [1.82, 2.24) is 0 Å². The Hall–Kier alpha value is 0.565. The van der Waals surface area contributed by atoms with Gasteiger partial charge in [-0.15, -0.1) is 23.2 Å². The third-order valence-electron chi connectivity index (χ3n) is 2.78. The Bertz CT molecular complexity index is 245. The molecule has 2 atom stereocenters. The van der Waals surface area contributed by atoms with Gasteiger partial charge in [0.25, 0.3) is 0 Å².